The molecule has 0 radical (unpaired) electrons. The zero-order valence-corrected chi connectivity index (χ0v) is 12.0. The standard InChI is InChI=1S/C16H19NO2S/c17-15(10-12-4-2-1-3-5-12)16(19)11-20-14-8-6-13(18)7-9-14/h1-9,15-16,18-19H,10-11,17H2. The molecule has 106 valence electrons. The fraction of sp³-hybridized carbons (Fsp3) is 0.250. The Bertz CT molecular complexity index is 516. The number of phenolic OH excluding ortho intramolecular Hbond substituents is 1. The normalized spacial score (nSPS) is 13.9. The van der Waals surface area contributed by atoms with E-state index in [4.69, 9.17) is 5.73 Å². The van der Waals surface area contributed by atoms with Crippen LogP contribution < -0.4 is 5.73 Å². The lowest BCUT2D eigenvalue weighted by atomic mass is 10.0. The van der Waals surface area contributed by atoms with Crippen LogP contribution in [0.4, 0.5) is 0 Å². The second kappa shape index (κ2) is 7.33. The minimum absolute atomic E-state index is 0.246. The number of phenols is 1. The van der Waals surface area contributed by atoms with Crippen LogP contribution in [0.15, 0.2) is 59.5 Å². The summed E-state index contributed by atoms with van der Waals surface area (Å²) in [6.07, 6.45) is 0.104. The van der Waals surface area contributed by atoms with Gasteiger partial charge in [0.05, 0.1) is 6.10 Å². The Labute approximate surface area is 123 Å². The van der Waals surface area contributed by atoms with Crippen molar-refractivity contribution in [3.05, 3.63) is 60.2 Å². The second-order valence-corrected chi connectivity index (χ2v) is 5.82. The lowest BCUT2D eigenvalue weighted by molar-refractivity contribution is 0.167. The van der Waals surface area contributed by atoms with E-state index in [1.165, 1.54) is 11.8 Å². The summed E-state index contributed by atoms with van der Waals surface area (Å²) >= 11 is 1.54. The van der Waals surface area contributed by atoms with Gasteiger partial charge in [0.15, 0.2) is 0 Å². The SMILES string of the molecule is NC(Cc1ccccc1)C(O)CSc1ccc(O)cc1. The quantitative estimate of drug-likeness (QED) is 0.715. The molecule has 20 heavy (non-hydrogen) atoms. The van der Waals surface area contributed by atoms with Crippen LogP contribution >= 0.6 is 11.8 Å². The van der Waals surface area contributed by atoms with Crippen molar-refractivity contribution in [1.82, 2.24) is 0 Å². The smallest absolute Gasteiger partial charge is 0.115 e. The molecule has 0 saturated heterocycles. The highest BCUT2D eigenvalue weighted by molar-refractivity contribution is 7.99. The topological polar surface area (TPSA) is 66.5 Å². The van der Waals surface area contributed by atoms with Crippen LogP contribution in [0.25, 0.3) is 0 Å². The van der Waals surface area contributed by atoms with E-state index in [0.717, 1.165) is 10.5 Å². The maximum absolute atomic E-state index is 10.1. The monoisotopic (exact) mass is 289 g/mol. The largest absolute Gasteiger partial charge is 0.508 e. The number of aliphatic hydroxyl groups excluding tert-OH is 1. The van der Waals surface area contributed by atoms with Gasteiger partial charge in [-0.15, -0.1) is 11.8 Å². The van der Waals surface area contributed by atoms with Crippen LogP contribution in [0.2, 0.25) is 0 Å². The van der Waals surface area contributed by atoms with Gasteiger partial charge in [-0.1, -0.05) is 30.3 Å². The lowest BCUT2D eigenvalue weighted by Crippen LogP contribution is -2.38. The molecule has 0 saturated carbocycles. The summed E-state index contributed by atoms with van der Waals surface area (Å²) in [5.41, 5.74) is 7.17. The van der Waals surface area contributed by atoms with Crippen LogP contribution in [0.1, 0.15) is 5.56 Å². The van der Waals surface area contributed by atoms with Crippen LogP contribution in [0, 0.1) is 0 Å². The molecule has 3 nitrogen and oxygen atoms in total. The Morgan fingerprint density at radius 1 is 1.00 bits per heavy atom. The van der Waals surface area contributed by atoms with Crippen molar-refractivity contribution in [2.75, 3.05) is 5.75 Å². The predicted molar refractivity (Wildman–Crippen MR) is 83.0 cm³/mol. The van der Waals surface area contributed by atoms with Crippen LogP contribution in [-0.2, 0) is 6.42 Å². The molecule has 0 aliphatic rings. The van der Waals surface area contributed by atoms with Gasteiger partial charge >= 0.3 is 0 Å². The third kappa shape index (κ3) is 4.56. The zero-order valence-electron chi connectivity index (χ0n) is 11.1. The number of rotatable bonds is 6. The molecule has 0 fully saturated rings. The Kier molecular flexibility index (Phi) is 5.47. The molecule has 2 rings (SSSR count). The highest BCUT2D eigenvalue weighted by Crippen LogP contribution is 2.22. The van der Waals surface area contributed by atoms with E-state index < -0.39 is 6.10 Å². The summed E-state index contributed by atoms with van der Waals surface area (Å²) in [6.45, 7) is 0. The van der Waals surface area contributed by atoms with E-state index in [9.17, 15) is 10.2 Å². The van der Waals surface area contributed by atoms with Crippen LogP contribution in [0.3, 0.4) is 0 Å². The van der Waals surface area contributed by atoms with Gasteiger partial charge in [0.1, 0.15) is 5.75 Å². The summed E-state index contributed by atoms with van der Waals surface area (Å²) in [7, 11) is 0. The van der Waals surface area contributed by atoms with Gasteiger partial charge in [-0.05, 0) is 36.2 Å². The predicted octanol–water partition coefficient (Wildman–Crippen LogP) is 2.42. The van der Waals surface area contributed by atoms with E-state index in [0.29, 0.717) is 12.2 Å². The Morgan fingerprint density at radius 3 is 2.30 bits per heavy atom. The van der Waals surface area contributed by atoms with E-state index in [2.05, 4.69) is 0 Å². The molecule has 2 aromatic carbocycles. The van der Waals surface area contributed by atoms with E-state index >= 15 is 0 Å². The van der Waals surface area contributed by atoms with Crippen molar-refractivity contribution >= 4 is 11.8 Å². The molecule has 0 spiro atoms. The highest BCUT2D eigenvalue weighted by Gasteiger charge is 2.15. The van der Waals surface area contributed by atoms with Crippen molar-refractivity contribution in [1.29, 1.82) is 0 Å². The van der Waals surface area contributed by atoms with Gasteiger partial charge in [-0.3, -0.25) is 0 Å². The first-order valence-corrected chi connectivity index (χ1v) is 7.53. The molecular weight excluding hydrogens is 270 g/mol. The van der Waals surface area contributed by atoms with Gasteiger partial charge in [0.25, 0.3) is 0 Å². The number of benzene rings is 2. The summed E-state index contributed by atoms with van der Waals surface area (Å²) in [4.78, 5) is 1.01. The summed E-state index contributed by atoms with van der Waals surface area (Å²) < 4.78 is 0. The van der Waals surface area contributed by atoms with E-state index in [1.807, 2.05) is 42.5 Å². The first-order chi connectivity index (χ1) is 9.65. The zero-order chi connectivity index (χ0) is 14.4. The molecule has 2 atom stereocenters. The summed E-state index contributed by atoms with van der Waals surface area (Å²) in [5.74, 6) is 0.786. The molecule has 0 bridgehead atoms. The maximum atomic E-state index is 10.1. The molecule has 0 aliphatic carbocycles. The van der Waals surface area contributed by atoms with Gasteiger partial charge in [-0.2, -0.15) is 0 Å². The number of aromatic hydroxyl groups is 1. The third-order valence-corrected chi connectivity index (χ3v) is 4.18. The van der Waals surface area contributed by atoms with Crippen LogP contribution in [0.5, 0.6) is 5.75 Å². The van der Waals surface area contributed by atoms with Crippen LogP contribution in [-0.4, -0.2) is 28.1 Å². The van der Waals surface area contributed by atoms with E-state index in [-0.39, 0.29) is 11.8 Å². The molecule has 0 amide bonds. The van der Waals surface area contributed by atoms with Gasteiger partial charge in [0, 0.05) is 16.7 Å². The molecule has 2 aromatic rings. The third-order valence-electron chi connectivity index (χ3n) is 3.07. The maximum Gasteiger partial charge on any atom is 0.115 e. The fourth-order valence-electron chi connectivity index (χ4n) is 1.87. The molecule has 0 heterocycles. The molecule has 0 aromatic heterocycles. The first-order valence-electron chi connectivity index (χ1n) is 6.54. The van der Waals surface area contributed by atoms with Crippen molar-refractivity contribution in [2.24, 2.45) is 5.73 Å². The Balaban J connectivity index is 1.82. The minimum atomic E-state index is -0.561. The van der Waals surface area contributed by atoms with Crippen molar-refractivity contribution in [3.8, 4) is 5.75 Å². The Hall–Kier alpha value is -1.49. The molecular formula is C16H19NO2S. The van der Waals surface area contributed by atoms with Crippen molar-refractivity contribution < 1.29 is 10.2 Å². The summed E-state index contributed by atoms with van der Waals surface area (Å²) in [6, 6.07) is 16.6. The summed E-state index contributed by atoms with van der Waals surface area (Å²) in [5, 5.41) is 19.3. The molecule has 0 aliphatic heterocycles. The number of aliphatic hydroxyl groups is 1. The Morgan fingerprint density at radius 2 is 1.65 bits per heavy atom. The van der Waals surface area contributed by atoms with E-state index in [1.54, 1.807) is 12.1 Å². The molecule has 4 heteroatoms. The minimum Gasteiger partial charge on any atom is -0.508 e. The fourth-order valence-corrected chi connectivity index (χ4v) is 2.81. The van der Waals surface area contributed by atoms with Gasteiger partial charge < -0.3 is 15.9 Å². The first kappa shape index (κ1) is 14.9. The van der Waals surface area contributed by atoms with Crippen molar-refractivity contribution in [2.45, 2.75) is 23.5 Å². The highest BCUT2D eigenvalue weighted by atomic mass is 32.2. The number of thioether (sulfide) groups is 1. The lowest BCUT2D eigenvalue weighted by Gasteiger charge is -2.18. The average molecular weight is 289 g/mol. The van der Waals surface area contributed by atoms with Gasteiger partial charge in [-0.25, -0.2) is 0 Å². The van der Waals surface area contributed by atoms with Gasteiger partial charge in [0.2, 0.25) is 0 Å². The van der Waals surface area contributed by atoms with Crippen molar-refractivity contribution in [3.63, 3.8) is 0 Å². The number of nitrogens with two attached hydrogens (primary N) is 1. The molecule has 4 N–H and O–H groups in total. The second-order valence-electron chi connectivity index (χ2n) is 4.73. The number of hydrogen-bond acceptors (Lipinski definition) is 4. The average Bonchev–Trinajstić information content (AvgIpc) is 2.47. The number of hydrogen-bond donors (Lipinski definition) is 3. The molecule has 2 unspecified atom stereocenters.